The topological polar surface area (TPSA) is 15.8 Å². The van der Waals surface area contributed by atoms with Gasteiger partial charge in [-0.1, -0.05) is 18.2 Å². The van der Waals surface area contributed by atoms with Crippen molar-refractivity contribution in [1.29, 1.82) is 0 Å². The Hall–Kier alpha value is -1.90. The molecular formula is C12H7F2N. The van der Waals surface area contributed by atoms with Crippen molar-refractivity contribution < 1.29 is 8.78 Å². The number of H-pyrrole nitrogens is 1. The van der Waals surface area contributed by atoms with Crippen molar-refractivity contribution in [3.8, 4) is 0 Å². The van der Waals surface area contributed by atoms with Crippen LogP contribution >= 0.6 is 0 Å². The Morgan fingerprint density at radius 1 is 0.933 bits per heavy atom. The third-order valence-electron chi connectivity index (χ3n) is 2.53. The van der Waals surface area contributed by atoms with Crippen LogP contribution in [0.3, 0.4) is 0 Å². The molecule has 0 spiro atoms. The van der Waals surface area contributed by atoms with Gasteiger partial charge in [-0.15, -0.1) is 0 Å². The van der Waals surface area contributed by atoms with Gasteiger partial charge in [0.15, 0.2) is 0 Å². The van der Waals surface area contributed by atoms with Crippen molar-refractivity contribution in [1.82, 2.24) is 4.98 Å². The van der Waals surface area contributed by atoms with Gasteiger partial charge in [0.25, 0.3) is 0 Å². The highest BCUT2D eigenvalue weighted by molar-refractivity contribution is 6.07. The minimum absolute atomic E-state index is 0.359. The van der Waals surface area contributed by atoms with Crippen LogP contribution in [0.1, 0.15) is 0 Å². The summed E-state index contributed by atoms with van der Waals surface area (Å²) in [7, 11) is 0. The average molecular weight is 203 g/mol. The van der Waals surface area contributed by atoms with Crippen LogP contribution in [0.2, 0.25) is 0 Å². The predicted molar refractivity (Wildman–Crippen MR) is 55.7 cm³/mol. The number of aromatic amines is 1. The lowest BCUT2D eigenvalue weighted by Crippen LogP contribution is -1.80. The quantitative estimate of drug-likeness (QED) is 0.574. The van der Waals surface area contributed by atoms with Crippen LogP contribution in [0.5, 0.6) is 0 Å². The van der Waals surface area contributed by atoms with E-state index in [-0.39, 0.29) is 0 Å². The molecule has 15 heavy (non-hydrogen) atoms. The monoisotopic (exact) mass is 203 g/mol. The van der Waals surface area contributed by atoms with Crippen LogP contribution < -0.4 is 0 Å². The molecule has 1 nitrogen and oxygen atoms in total. The summed E-state index contributed by atoms with van der Waals surface area (Å²) < 4.78 is 26.5. The maximum atomic E-state index is 13.4. The number of benzene rings is 2. The molecule has 0 atom stereocenters. The van der Waals surface area contributed by atoms with Gasteiger partial charge in [-0.05, 0) is 12.1 Å². The van der Waals surface area contributed by atoms with Crippen LogP contribution in [0.25, 0.3) is 21.8 Å². The summed E-state index contributed by atoms with van der Waals surface area (Å²) >= 11 is 0. The molecule has 2 aromatic carbocycles. The second-order valence-corrected chi connectivity index (χ2v) is 3.48. The van der Waals surface area contributed by atoms with E-state index in [0.29, 0.717) is 10.9 Å². The van der Waals surface area contributed by atoms with Crippen LogP contribution in [-0.4, -0.2) is 4.98 Å². The summed E-state index contributed by atoms with van der Waals surface area (Å²) in [4.78, 5) is 2.93. The molecule has 3 heteroatoms. The lowest BCUT2D eigenvalue weighted by Gasteiger charge is -1.93. The van der Waals surface area contributed by atoms with E-state index in [1.54, 1.807) is 0 Å². The summed E-state index contributed by atoms with van der Waals surface area (Å²) in [5.41, 5.74) is 1.18. The van der Waals surface area contributed by atoms with Gasteiger partial charge in [-0.3, -0.25) is 0 Å². The van der Waals surface area contributed by atoms with E-state index in [0.717, 1.165) is 17.0 Å². The Morgan fingerprint density at radius 2 is 1.73 bits per heavy atom. The molecule has 1 heterocycles. The maximum absolute atomic E-state index is 13.4. The van der Waals surface area contributed by atoms with Crippen molar-refractivity contribution in [3.05, 3.63) is 48.0 Å². The highest BCUT2D eigenvalue weighted by Gasteiger charge is 2.09. The molecule has 1 N–H and O–H groups in total. The molecule has 1 aromatic heterocycles. The molecular weight excluding hydrogens is 196 g/mol. The van der Waals surface area contributed by atoms with E-state index in [9.17, 15) is 8.78 Å². The summed E-state index contributed by atoms with van der Waals surface area (Å²) in [6.45, 7) is 0. The summed E-state index contributed by atoms with van der Waals surface area (Å²) in [6.07, 6.45) is 0. The minimum atomic E-state index is -0.554. The zero-order valence-corrected chi connectivity index (χ0v) is 7.72. The molecule has 74 valence electrons. The molecule has 3 rings (SSSR count). The van der Waals surface area contributed by atoms with Gasteiger partial charge in [-0.25, -0.2) is 8.78 Å². The van der Waals surface area contributed by atoms with Crippen molar-refractivity contribution in [2.45, 2.75) is 0 Å². The van der Waals surface area contributed by atoms with E-state index >= 15 is 0 Å². The Labute approximate surface area is 84.3 Å². The largest absolute Gasteiger partial charge is 0.352 e. The highest BCUT2D eigenvalue weighted by atomic mass is 19.1. The second kappa shape index (κ2) is 2.79. The Kier molecular flexibility index (Phi) is 1.57. The Bertz CT molecular complexity index is 655. The van der Waals surface area contributed by atoms with Gasteiger partial charge in [0, 0.05) is 22.4 Å². The van der Waals surface area contributed by atoms with Gasteiger partial charge in [-0.2, -0.15) is 0 Å². The third kappa shape index (κ3) is 1.13. The second-order valence-electron chi connectivity index (χ2n) is 3.48. The van der Waals surface area contributed by atoms with Gasteiger partial charge in [0.1, 0.15) is 11.6 Å². The number of fused-ring (bicyclic) bond motifs is 3. The van der Waals surface area contributed by atoms with Gasteiger partial charge in [0.05, 0.1) is 5.52 Å². The molecule has 0 radical (unpaired) electrons. The van der Waals surface area contributed by atoms with Gasteiger partial charge >= 0.3 is 0 Å². The molecule has 0 saturated heterocycles. The van der Waals surface area contributed by atoms with E-state index in [4.69, 9.17) is 0 Å². The zero-order valence-electron chi connectivity index (χ0n) is 7.72. The zero-order chi connectivity index (χ0) is 10.4. The first-order valence-electron chi connectivity index (χ1n) is 4.61. The van der Waals surface area contributed by atoms with E-state index < -0.39 is 11.6 Å². The summed E-state index contributed by atoms with van der Waals surface area (Å²) in [6, 6.07) is 9.61. The first-order chi connectivity index (χ1) is 7.25. The number of aromatic nitrogens is 1. The normalized spacial score (nSPS) is 11.3. The fourth-order valence-electron chi connectivity index (χ4n) is 1.87. The molecule has 0 aliphatic heterocycles. The fraction of sp³-hybridized carbons (Fsp3) is 0. The first kappa shape index (κ1) is 8.41. The van der Waals surface area contributed by atoms with Crippen molar-refractivity contribution in [3.63, 3.8) is 0 Å². The molecule has 0 bridgehead atoms. The number of rotatable bonds is 0. The molecule has 3 aromatic rings. The lowest BCUT2D eigenvalue weighted by atomic mass is 10.1. The van der Waals surface area contributed by atoms with Crippen molar-refractivity contribution in [2.24, 2.45) is 0 Å². The molecule has 0 unspecified atom stereocenters. The van der Waals surface area contributed by atoms with Crippen molar-refractivity contribution >= 4 is 21.8 Å². The fourth-order valence-corrected chi connectivity index (χ4v) is 1.87. The molecule has 0 fully saturated rings. The summed E-state index contributed by atoms with van der Waals surface area (Å²) in [5.74, 6) is -1.11. The number of hydrogen-bond acceptors (Lipinski definition) is 0. The number of nitrogens with one attached hydrogen (secondary N) is 1. The summed E-state index contributed by atoms with van der Waals surface area (Å²) in [5, 5.41) is 1.43. The number of para-hydroxylation sites is 1. The smallest absolute Gasteiger partial charge is 0.150 e. The molecule has 0 aliphatic carbocycles. The SMILES string of the molecule is Fc1cc(F)c2[nH]c3ccccc3c2c1. The highest BCUT2D eigenvalue weighted by Crippen LogP contribution is 2.27. The van der Waals surface area contributed by atoms with E-state index in [2.05, 4.69) is 4.98 Å². The van der Waals surface area contributed by atoms with E-state index in [1.165, 1.54) is 6.07 Å². The molecule has 0 saturated carbocycles. The first-order valence-corrected chi connectivity index (χ1v) is 4.61. The van der Waals surface area contributed by atoms with Crippen LogP contribution in [0.4, 0.5) is 8.78 Å². The lowest BCUT2D eigenvalue weighted by molar-refractivity contribution is 0.591. The van der Waals surface area contributed by atoms with Crippen LogP contribution in [0, 0.1) is 11.6 Å². The van der Waals surface area contributed by atoms with Crippen molar-refractivity contribution in [2.75, 3.05) is 0 Å². The minimum Gasteiger partial charge on any atom is -0.352 e. The van der Waals surface area contributed by atoms with Crippen LogP contribution in [0.15, 0.2) is 36.4 Å². The van der Waals surface area contributed by atoms with Gasteiger partial charge in [0.2, 0.25) is 0 Å². The molecule has 0 aliphatic rings. The van der Waals surface area contributed by atoms with Crippen LogP contribution in [-0.2, 0) is 0 Å². The third-order valence-corrected chi connectivity index (χ3v) is 2.53. The molecule has 0 amide bonds. The maximum Gasteiger partial charge on any atom is 0.150 e. The predicted octanol–water partition coefficient (Wildman–Crippen LogP) is 3.60. The van der Waals surface area contributed by atoms with E-state index in [1.807, 2.05) is 24.3 Å². The van der Waals surface area contributed by atoms with Gasteiger partial charge < -0.3 is 4.98 Å². The number of halogens is 2. The Balaban J connectivity index is 2.61. The standard InChI is InChI=1S/C12H7F2N/c13-7-5-9-8-3-1-2-4-11(8)15-12(9)10(14)6-7/h1-6,15H. The number of hydrogen-bond donors (Lipinski definition) is 1. The Morgan fingerprint density at radius 3 is 2.60 bits per heavy atom. The average Bonchev–Trinajstić information content (AvgIpc) is 2.57.